The van der Waals surface area contributed by atoms with Crippen LogP contribution >= 0.6 is 0 Å². The molecule has 4 N–H and O–H groups in total. The van der Waals surface area contributed by atoms with Crippen molar-refractivity contribution in [1.29, 1.82) is 0 Å². The smallest absolute Gasteiger partial charge is 0.251 e. The molecule has 176 valence electrons. The topological polar surface area (TPSA) is 87.5 Å². The van der Waals surface area contributed by atoms with Crippen molar-refractivity contribution in [2.45, 2.75) is 38.9 Å². The number of hydrogen-bond donors (Lipinski definition) is 3. The molecule has 6 heteroatoms. The van der Waals surface area contributed by atoms with Gasteiger partial charge in [-0.3, -0.25) is 14.5 Å². The second-order valence-corrected chi connectivity index (χ2v) is 8.77. The van der Waals surface area contributed by atoms with E-state index in [1.807, 2.05) is 66.7 Å². The van der Waals surface area contributed by atoms with Crippen molar-refractivity contribution < 1.29 is 9.59 Å². The van der Waals surface area contributed by atoms with Crippen LogP contribution in [-0.4, -0.2) is 29.8 Å². The number of amides is 2. The van der Waals surface area contributed by atoms with Crippen molar-refractivity contribution in [3.8, 4) is 0 Å². The number of hydrogen-bond acceptors (Lipinski definition) is 4. The standard InChI is InChI=1S/C28H32N4O2/c29-18-22-8-10-23(11-9-22)19-30-28(34)24-12-13-25(20-32-14-4-5-15-32)26(17-24)31-27(33)16-21-6-2-1-3-7-21/h1-3,6-13,17H,4-5,14-16,18-20,29H2,(H,30,34)(H,31,33). The molecule has 0 bridgehead atoms. The highest BCUT2D eigenvalue weighted by Crippen LogP contribution is 2.22. The third-order valence-corrected chi connectivity index (χ3v) is 6.16. The number of likely N-dealkylation sites (tertiary alicyclic amines) is 1. The Morgan fingerprint density at radius 3 is 2.26 bits per heavy atom. The molecule has 0 radical (unpaired) electrons. The lowest BCUT2D eigenvalue weighted by molar-refractivity contribution is -0.115. The van der Waals surface area contributed by atoms with E-state index in [1.54, 1.807) is 6.07 Å². The minimum absolute atomic E-state index is 0.0913. The highest BCUT2D eigenvalue weighted by atomic mass is 16.2. The van der Waals surface area contributed by atoms with Crippen molar-refractivity contribution in [2.75, 3.05) is 18.4 Å². The Morgan fingerprint density at radius 2 is 1.56 bits per heavy atom. The lowest BCUT2D eigenvalue weighted by Crippen LogP contribution is -2.24. The maximum atomic E-state index is 12.9. The van der Waals surface area contributed by atoms with E-state index >= 15 is 0 Å². The van der Waals surface area contributed by atoms with Crippen LogP contribution in [0.5, 0.6) is 0 Å². The van der Waals surface area contributed by atoms with Gasteiger partial charge >= 0.3 is 0 Å². The molecule has 3 aromatic rings. The van der Waals surface area contributed by atoms with Crippen LogP contribution in [0.1, 0.15) is 45.5 Å². The monoisotopic (exact) mass is 456 g/mol. The van der Waals surface area contributed by atoms with Crippen molar-refractivity contribution >= 4 is 17.5 Å². The fourth-order valence-electron chi connectivity index (χ4n) is 4.21. The summed E-state index contributed by atoms with van der Waals surface area (Å²) in [5.74, 6) is -0.263. The van der Waals surface area contributed by atoms with Crippen LogP contribution in [0, 0.1) is 0 Å². The van der Waals surface area contributed by atoms with E-state index in [0.29, 0.717) is 30.8 Å². The lowest BCUT2D eigenvalue weighted by Gasteiger charge is -2.19. The van der Waals surface area contributed by atoms with Gasteiger partial charge in [0.25, 0.3) is 5.91 Å². The molecule has 0 saturated carbocycles. The van der Waals surface area contributed by atoms with Gasteiger partial charge < -0.3 is 16.4 Å². The zero-order valence-electron chi connectivity index (χ0n) is 19.4. The van der Waals surface area contributed by atoms with E-state index in [1.165, 1.54) is 12.8 Å². The first kappa shape index (κ1) is 23.7. The number of nitrogens with two attached hydrogens (primary N) is 1. The highest BCUT2D eigenvalue weighted by Gasteiger charge is 2.17. The molecule has 0 atom stereocenters. The maximum absolute atomic E-state index is 12.9. The molecular formula is C28H32N4O2. The summed E-state index contributed by atoms with van der Waals surface area (Å²) < 4.78 is 0. The lowest BCUT2D eigenvalue weighted by atomic mass is 10.1. The molecule has 34 heavy (non-hydrogen) atoms. The molecule has 0 unspecified atom stereocenters. The first-order valence-electron chi connectivity index (χ1n) is 11.9. The van der Waals surface area contributed by atoms with Crippen LogP contribution in [0.25, 0.3) is 0 Å². The summed E-state index contributed by atoms with van der Waals surface area (Å²) in [6.45, 7) is 3.80. The first-order valence-corrected chi connectivity index (χ1v) is 11.9. The predicted octanol–water partition coefficient (Wildman–Crippen LogP) is 3.85. The van der Waals surface area contributed by atoms with Crippen LogP contribution in [-0.2, 0) is 30.8 Å². The Morgan fingerprint density at radius 1 is 0.853 bits per heavy atom. The van der Waals surface area contributed by atoms with Crippen LogP contribution in [0.4, 0.5) is 5.69 Å². The average Bonchev–Trinajstić information content (AvgIpc) is 3.37. The first-order chi connectivity index (χ1) is 16.6. The van der Waals surface area contributed by atoms with Crippen molar-refractivity contribution in [3.63, 3.8) is 0 Å². The minimum atomic E-state index is -0.172. The van der Waals surface area contributed by atoms with Gasteiger partial charge in [0.2, 0.25) is 5.91 Å². The second-order valence-electron chi connectivity index (χ2n) is 8.77. The van der Waals surface area contributed by atoms with Gasteiger partial charge in [-0.1, -0.05) is 60.7 Å². The summed E-state index contributed by atoms with van der Waals surface area (Å²) in [6.07, 6.45) is 2.68. The Hall–Kier alpha value is -3.48. The molecule has 1 aliphatic rings. The highest BCUT2D eigenvalue weighted by molar-refractivity contribution is 5.98. The van der Waals surface area contributed by atoms with Gasteiger partial charge in [-0.15, -0.1) is 0 Å². The summed E-state index contributed by atoms with van der Waals surface area (Å²) in [5.41, 5.74) is 10.9. The quantitative estimate of drug-likeness (QED) is 0.456. The second kappa shape index (κ2) is 11.6. The summed E-state index contributed by atoms with van der Waals surface area (Å²) in [4.78, 5) is 28.0. The van der Waals surface area contributed by atoms with Crippen LogP contribution < -0.4 is 16.4 Å². The molecule has 2 amide bonds. The average molecular weight is 457 g/mol. The number of benzene rings is 3. The molecule has 3 aromatic carbocycles. The van der Waals surface area contributed by atoms with E-state index in [2.05, 4.69) is 15.5 Å². The predicted molar refractivity (Wildman–Crippen MR) is 135 cm³/mol. The maximum Gasteiger partial charge on any atom is 0.251 e. The summed E-state index contributed by atoms with van der Waals surface area (Å²) >= 11 is 0. The van der Waals surface area contributed by atoms with Gasteiger partial charge in [0, 0.05) is 30.9 Å². The Bertz CT molecular complexity index is 1110. The van der Waals surface area contributed by atoms with E-state index in [9.17, 15) is 9.59 Å². The number of anilines is 1. The third kappa shape index (κ3) is 6.53. The van der Waals surface area contributed by atoms with E-state index in [4.69, 9.17) is 5.73 Å². The molecule has 6 nitrogen and oxygen atoms in total. The van der Waals surface area contributed by atoms with Gasteiger partial charge in [0.1, 0.15) is 0 Å². The largest absolute Gasteiger partial charge is 0.348 e. The van der Waals surface area contributed by atoms with Gasteiger partial charge in [0.15, 0.2) is 0 Å². The normalized spacial score (nSPS) is 13.6. The van der Waals surface area contributed by atoms with E-state index in [0.717, 1.165) is 41.9 Å². The Kier molecular flexibility index (Phi) is 8.07. The molecule has 0 aliphatic carbocycles. The van der Waals surface area contributed by atoms with Crippen molar-refractivity contribution in [2.24, 2.45) is 5.73 Å². The van der Waals surface area contributed by atoms with Crippen LogP contribution in [0.3, 0.4) is 0 Å². The Labute approximate surface area is 201 Å². The fourth-order valence-corrected chi connectivity index (χ4v) is 4.21. The van der Waals surface area contributed by atoms with Crippen LogP contribution in [0.2, 0.25) is 0 Å². The van der Waals surface area contributed by atoms with Crippen molar-refractivity contribution in [3.05, 3.63) is 101 Å². The molecule has 0 aromatic heterocycles. The molecule has 1 heterocycles. The van der Waals surface area contributed by atoms with Gasteiger partial charge in [-0.25, -0.2) is 0 Å². The number of nitrogens with one attached hydrogen (secondary N) is 2. The number of carbonyl (C=O) groups excluding carboxylic acids is 2. The zero-order chi connectivity index (χ0) is 23.8. The summed E-state index contributed by atoms with van der Waals surface area (Å²) in [5, 5.41) is 6.03. The van der Waals surface area contributed by atoms with Crippen molar-refractivity contribution in [1.82, 2.24) is 10.2 Å². The van der Waals surface area contributed by atoms with Crippen LogP contribution in [0.15, 0.2) is 72.8 Å². The molecule has 1 aliphatic heterocycles. The molecule has 0 spiro atoms. The minimum Gasteiger partial charge on any atom is -0.348 e. The molecular weight excluding hydrogens is 424 g/mol. The Balaban J connectivity index is 1.47. The van der Waals surface area contributed by atoms with Gasteiger partial charge in [-0.05, 0) is 60.3 Å². The SMILES string of the molecule is NCc1ccc(CNC(=O)c2ccc(CN3CCCC3)c(NC(=O)Cc3ccccc3)c2)cc1. The van der Waals surface area contributed by atoms with E-state index in [-0.39, 0.29) is 11.8 Å². The van der Waals surface area contributed by atoms with Gasteiger partial charge in [-0.2, -0.15) is 0 Å². The summed E-state index contributed by atoms with van der Waals surface area (Å²) in [7, 11) is 0. The van der Waals surface area contributed by atoms with E-state index < -0.39 is 0 Å². The number of nitrogens with zero attached hydrogens (tertiary/aromatic N) is 1. The number of rotatable bonds is 9. The number of carbonyl (C=O) groups is 2. The third-order valence-electron chi connectivity index (χ3n) is 6.16. The van der Waals surface area contributed by atoms with Gasteiger partial charge in [0.05, 0.1) is 6.42 Å². The molecule has 4 rings (SSSR count). The summed E-state index contributed by atoms with van der Waals surface area (Å²) in [6, 6.07) is 23.1. The zero-order valence-corrected chi connectivity index (χ0v) is 19.4. The molecule has 1 saturated heterocycles. The fraction of sp³-hybridized carbons (Fsp3) is 0.286. The molecule has 1 fully saturated rings.